The molecule has 2 aromatic carbocycles. The van der Waals surface area contributed by atoms with Crippen LogP contribution in [0, 0.1) is 6.92 Å². The predicted octanol–water partition coefficient (Wildman–Crippen LogP) is 3.45. The van der Waals surface area contributed by atoms with E-state index in [0.29, 0.717) is 23.7 Å². The van der Waals surface area contributed by atoms with Crippen molar-refractivity contribution in [2.75, 3.05) is 5.32 Å². The molecule has 0 saturated carbocycles. The lowest BCUT2D eigenvalue weighted by Crippen LogP contribution is -1.99. The van der Waals surface area contributed by atoms with E-state index >= 15 is 0 Å². The number of carboxylic acid groups (broad SMARTS) is 1. The van der Waals surface area contributed by atoms with E-state index < -0.39 is 5.97 Å². The van der Waals surface area contributed by atoms with Crippen LogP contribution in [0.15, 0.2) is 46.9 Å². The molecule has 1 heterocycles. The quantitative estimate of drug-likeness (QED) is 0.766. The summed E-state index contributed by atoms with van der Waals surface area (Å²) in [7, 11) is 0. The Bertz CT molecular complexity index is 791. The Morgan fingerprint density at radius 1 is 1.24 bits per heavy atom. The Morgan fingerprint density at radius 2 is 2.00 bits per heavy atom. The van der Waals surface area contributed by atoms with E-state index in [4.69, 9.17) is 9.52 Å². The number of anilines is 1. The number of rotatable bonds is 4. The van der Waals surface area contributed by atoms with Gasteiger partial charge in [-0.05, 0) is 30.7 Å². The molecule has 0 spiro atoms. The third-order valence-corrected chi connectivity index (χ3v) is 3.20. The number of oxazole rings is 1. The van der Waals surface area contributed by atoms with Crippen LogP contribution in [-0.4, -0.2) is 16.1 Å². The summed E-state index contributed by atoms with van der Waals surface area (Å²) in [5.74, 6) is -0.984. The summed E-state index contributed by atoms with van der Waals surface area (Å²) < 4.78 is 5.52. The Hall–Kier alpha value is -2.82. The molecular weight excluding hydrogens is 268 g/mol. The first-order valence-electron chi connectivity index (χ1n) is 6.55. The standard InChI is InChI=1S/C16H14N2O3/c1-10-2-4-11(5-3-10)9-17-16-18-13-7-6-12(15(19)20)8-14(13)21-16/h2-8H,9H2,1H3,(H,17,18)(H,19,20). The number of fused-ring (bicyclic) bond motifs is 1. The van der Waals surface area contributed by atoms with Crippen LogP contribution in [0.25, 0.3) is 11.1 Å². The molecule has 0 bridgehead atoms. The molecule has 21 heavy (non-hydrogen) atoms. The van der Waals surface area contributed by atoms with Crippen molar-refractivity contribution in [3.05, 3.63) is 59.2 Å². The molecule has 5 nitrogen and oxygen atoms in total. The molecule has 0 aliphatic heterocycles. The van der Waals surface area contributed by atoms with Gasteiger partial charge in [0.1, 0.15) is 5.52 Å². The largest absolute Gasteiger partial charge is 0.478 e. The van der Waals surface area contributed by atoms with Gasteiger partial charge in [-0.15, -0.1) is 0 Å². The van der Waals surface area contributed by atoms with E-state index in [0.717, 1.165) is 5.56 Å². The van der Waals surface area contributed by atoms with Crippen molar-refractivity contribution in [3.63, 3.8) is 0 Å². The number of carbonyl (C=O) groups is 1. The van der Waals surface area contributed by atoms with Crippen LogP contribution in [0.4, 0.5) is 6.01 Å². The van der Waals surface area contributed by atoms with Crippen LogP contribution >= 0.6 is 0 Å². The van der Waals surface area contributed by atoms with Crippen LogP contribution in [0.2, 0.25) is 0 Å². The minimum Gasteiger partial charge on any atom is -0.478 e. The number of benzene rings is 2. The topological polar surface area (TPSA) is 75.4 Å². The number of aromatic carboxylic acids is 1. The second kappa shape index (κ2) is 5.28. The van der Waals surface area contributed by atoms with Crippen molar-refractivity contribution in [1.82, 2.24) is 4.98 Å². The van der Waals surface area contributed by atoms with Crippen molar-refractivity contribution in [2.24, 2.45) is 0 Å². The van der Waals surface area contributed by atoms with Crippen molar-refractivity contribution in [2.45, 2.75) is 13.5 Å². The molecule has 1 aromatic heterocycles. The molecule has 0 aliphatic carbocycles. The molecule has 2 N–H and O–H groups in total. The van der Waals surface area contributed by atoms with E-state index in [1.165, 1.54) is 17.7 Å². The molecule has 0 fully saturated rings. The van der Waals surface area contributed by atoms with E-state index in [1.807, 2.05) is 31.2 Å². The Labute approximate surface area is 121 Å². The Balaban J connectivity index is 1.78. The number of hydrogen-bond acceptors (Lipinski definition) is 4. The summed E-state index contributed by atoms with van der Waals surface area (Å²) in [6, 6.07) is 13.2. The molecule has 0 aliphatic rings. The van der Waals surface area contributed by atoms with Crippen molar-refractivity contribution >= 4 is 23.1 Å². The summed E-state index contributed by atoms with van der Waals surface area (Å²) in [6.07, 6.45) is 0. The average Bonchev–Trinajstić information content (AvgIpc) is 2.88. The summed E-state index contributed by atoms with van der Waals surface area (Å²) in [4.78, 5) is 15.2. The summed E-state index contributed by atoms with van der Waals surface area (Å²) in [6.45, 7) is 2.64. The number of aryl methyl sites for hydroxylation is 1. The normalized spacial score (nSPS) is 10.7. The van der Waals surface area contributed by atoms with Gasteiger partial charge in [-0.3, -0.25) is 0 Å². The van der Waals surface area contributed by atoms with Gasteiger partial charge >= 0.3 is 5.97 Å². The zero-order valence-electron chi connectivity index (χ0n) is 11.5. The molecule has 0 atom stereocenters. The molecule has 3 aromatic rings. The number of nitrogens with zero attached hydrogens (tertiary/aromatic N) is 1. The van der Waals surface area contributed by atoms with Gasteiger partial charge < -0.3 is 14.8 Å². The van der Waals surface area contributed by atoms with Gasteiger partial charge in [-0.2, -0.15) is 4.98 Å². The fourth-order valence-corrected chi connectivity index (χ4v) is 2.02. The number of hydrogen-bond donors (Lipinski definition) is 2. The summed E-state index contributed by atoms with van der Waals surface area (Å²) in [5.41, 5.74) is 3.60. The first kappa shape index (κ1) is 13.2. The number of aromatic nitrogens is 1. The maximum absolute atomic E-state index is 10.9. The first-order valence-corrected chi connectivity index (χ1v) is 6.55. The highest BCUT2D eigenvalue weighted by atomic mass is 16.4. The van der Waals surface area contributed by atoms with Gasteiger partial charge in [-0.1, -0.05) is 29.8 Å². The van der Waals surface area contributed by atoms with Gasteiger partial charge in [0.25, 0.3) is 6.01 Å². The maximum atomic E-state index is 10.9. The van der Waals surface area contributed by atoms with E-state index in [9.17, 15) is 4.79 Å². The molecule has 5 heteroatoms. The van der Waals surface area contributed by atoms with Crippen LogP contribution < -0.4 is 5.32 Å². The number of nitrogens with one attached hydrogen (secondary N) is 1. The highest BCUT2D eigenvalue weighted by Crippen LogP contribution is 2.20. The minimum atomic E-state index is -0.984. The van der Waals surface area contributed by atoms with Gasteiger partial charge in [0.05, 0.1) is 5.56 Å². The predicted molar refractivity (Wildman–Crippen MR) is 79.5 cm³/mol. The SMILES string of the molecule is Cc1ccc(CNc2nc3ccc(C(=O)O)cc3o2)cc1. The van der Waals surface area contributed by atoms with Crippen LogP contribution in [0.5, 0.6) is 0 Å². The lowest BCUT2D eigenvalue weighted by molar-refractivity contribution is 0.0697. The smallest absolute Gasteiger partial charge is 0.335 e. The van der Waals surface area contributed by atoms with Crippen molar-refractivity contribution in [1.29, 1.82) is 0 Å². The highest BCUT2D eigenvalue weighted by Gasteiger charge is 2.09. The maximum Gasteiger partial charge on any atom is 0.335 e. The molecule has 3 rings (SSSR count). The monoisotopic (exact) mass is 282 g/mol. The van der Waals surface area contributed by atoms with Gasteiger partial charge in [0, 0.05) is 6.54 Å². The zero-order chi connectivity index (χ0) is 14.8. The van der Waals surface area contributed by atoms with Gasteiger partial charge in [0.15, 0.2) is 5.58 Å². The second-order valence-electron chi connectivity index (χ2n) is 4.85. The minimum absolute atomic E-state index is 0.184. The van der Waals surface area contributed by atoms with E-state index in [2.05, 4.69) is 10.3 Å². The summed E-state index contributed by atoms with van der Waals surface area (Å²) >= 11 is 0. The van der Waals surface area contributed by atoms with Crippen molar-refractivity contribution in [3.8, 4) is 0 Å². The molecule has 0 radical (unpaired) electrons. The third kappa shape index (κ3) is 2.86. The Morgan fingerprint density at radius 3 is 2.71 bits per heavy atom. The van der Waals surface area contributed by atoms with Crippen molar-refractivity contribution < 1.29 is 14.3 Å². The third-order valence-electron chi connectivity index (χ3n) is 3.20. The lowest BCUT2D eigenvalue weighted by Gasteiger charge is -2.02. The molecule has 106 valence electrons. The highest BCUT2D eigenvalue weighted by molar-refractivity contribution is 5.92. The first-order chi connectivity index (χ1) is 10.1. The fraction of sp³-hybridized carbons (Fsp3) is 0.125. The molecular formula is C16H14N2O3. The Kier molecular flexibility index (Phi) is 3.31. The molecule has 0 amide bonds. The zero-order valence-corrected chi connectivity index (χ0v) is 11.5. The molecule has 0 unspecified atom stereocenters. The number of carboxylic acids is 1. The van der Waals surface area contributed by atoms with Gasteiger partial charge in [0.2, 0.25) is 0 Å². The average molecular weight is 282 g/mol. The summed E-state index contributed by atoms with van der Waals surface area (Å²) in [5, 5.41) is 12.0. The molecule has 0 saturated heterocycles. The van der Waals surface area contributed by atoms with E-state index in [-0.39, 0.29) is 5.56 Å². The second-order valence-corrected chi connectivity index (χ2v) is 4.85. The van der Waals surface area contributed by atoms with E-state index in [1.54, 1.807) is 6.07 Å². The van der Waals surface area contributed by atoms with Crippen LogP contribution in [0.3, 0.4) is 0 Å². The van der Waals surface area contributed by atoms with Gasteiger partial charge in [-0.25, -0.2) is 4.79 Å². The van der Waals surface area contributed by atoms with Crippen LogP contribution in [0.1, 0.15) is 21.5 Å². The fourth-order valence-electron chi connectivity index (χ4n) is 2.02. The van der Waals surface area contributed by atoms with Crippen LogP contribution in [-0.2, 0) is 6.54 Å². The lowest BCUT2D eigenvalue weighted by atomic mass is 10.1.